The summed E-state index contributed by atoms with van der Waals surface area (Å²) >= 11 is 0. The molecule has 2 aromatic heterocycles. The molecule has 7 heteroatoms. The van der Waals surface area contributed by atoms with Crippen LogP contribution in [0.2, 0.25) is 0 Å². The fraction of sp³-hybridized carbons (Fsp3) is 0.192. The number of nitrogens with one attached hydrogen (secondary N) is 2. The zero-order valence-electron chi connectivity index (χ0n) is 19.3. The van der Waals surface area contributed by atoms with Crippen LogP contribution in [-0.2, 0) is 0 Å². The third kappa shape index (κ3) is 4.87. The molecule has 3 heterocycles. The molecule has 0 unspecified atom stereocenters. The van der Waals surface area contributed by atoms with Crippen molar-refractivity contribution in [1.29, 1.82) is 0 Å². The number of aliphatic imine (C=N–C) groups is 1. The van der Waals surface area contributed by atoms with E-state index in [0.717, 1.165) is 58.1 Å². The molecule has 1 aliphatic rings. The smallest absolute Gasteiger partial charge is 0.154 e. The number of nitrogens with zero attached hydrogens (tertiary/aromatic N) is 5. The molecule has 0 saturated heterocycles. The maximum atomic E-state index is 5.02. The summed E-state index contributed by atoms with van der Waals surface area (Å²) in [5.74, 6) is 1.57. The predicted octanol–water partition coefficient (Wildman–Crippen LogP) is 5.74. The first-order chi connectivity index (χ1) is 16.1. The predicted molar refractivity (Wildman–Crippen MR) is 137 cm³/mol. The molecular formula is C26H29N7. The highest BCUT2D eigenvalue weighted by Crippen LogP contribution is 2.27. The van der Waals surface area contributed by atoms with Crippen LogP contribution in [0.1, 0.15) is 45.0 Å². The highest BCUT2D eigenvalue weighted by molar-refractivity contribution is 6.04. The number of imidazole rings is 1. The number of benzene rings is 1. The Bertz CT molecular complexity index is 1300. The summed E-state index contributed by atoms with van der Waals surface area (Å²) in [6.45, 7) is 10.0. The van der Waals surface area contributed by atoms with Crippen molar-refractivity contribution >= 4 is 34.7 Å². The molecule has 0 fully saturated rings. The first kappa shape index (κ1) is 22.1. The van der Waals surface area contributed by atoms with E-state index < -0.39 is 0 Å². The number of unbranched alkanes of at least 4 members (excludes halogenated alkanes) is 1. The van der Waals surface area contributed by atoms with E-state index in [1.165, 1.54) is 0 Å². The van der Waals surface area contributed by atoms with Crippen LogP contribution in [0.25, 0.3) is 28.9 Å². The molecule has 33 heavy (non-hydrogen) atoms. The summed E-state index contributed by atoms with van der Waals surface area (Å²) in [5, 5.41) is 11.8. The number of H-pyrrole nitrogens is 1. The topological polar surface area (TPSA) is 74.1 Å². The number of amidine groups is 1. The second-order valence-electron chi connectivity index (χ2n) is 7.75. The minimum Gasteiger partial charge on any atom is -0.341 e. The van der Waals surface area contributed by atoms with Crippen LogP contribution in [-0.4, -0.2) is 30.5 Å². The van der Waals surface area contributed by atoms with Gasteiger partial charge in [-0.05, 0) is 32.4 Å². The van der Waals surface area contributed by atoms with E-state index in [9.17, 15) is 0 Å². The van der Waals surface area contributed by atoms with Crippen molar-refractivity contribution in [2.24, 2.45) is 4.99 Å². The highest BCUT2D eigenvalue weighted by Gasteiger charge is 2.20. The summed E-state index contributed by atoms with van der Waals surface area (Å²) in [7, 11) is 0. The van der Waals surface area contributed by atoms with E-state index in [-0.39, 0.29) is 0 Å². The monoisotopic (exact) mass is 439 g/mol. The van der Waals surface area contributed by atoms with E-state index in [2.05, 4.69) is 75.6 Å². The fourth-order valence-electron chi connectivity index (χ4n) is 3.64. The van der Waals surface area contributed by atoms with Gasteiger partial charge in [-0.1, -0.05) is 44.2 Å². The lowest BCUT2D eigenvalue weighted by atomic mass is 10.1. The van der Waals surface area contributed by atoms with Gasteiger partial charge >= 0.3 is 0 Å². The molecule has 0 atom stereocenters. The van der Waals surface area contributed by atoms with Gasteiger partial charge in [-0.15, -0.1) is 0 Å². The van der Waals surface area contributed by atoms with E-state index >= 15 is 0 Å². The van der Waals surface area contributed by atoms with Crippen LogP contribution in [0.5, 0.6) is 0 Å². The lowest BCUT2D eigenvalue weighted by molar-refractivity contribution is 0.643. The molecule has 1 aromatic carbocycles. The molecule has 7 nitrogen and oxygen atoms in total. The third-order valence-corrected chi connectivity index (χ3v) is 5.22. The largest absolute Gasteiger partial charge is 0.341 e. The molecule has 0 aliphatic carbocycles. The number of aromatic nitrogens is 4. The molecule has 0 spiro atoms. The van der Waals surface area contributed by atoms with Gasteiger partial charge in [-0.25, -0.2) is 9.98 Å². The van der Waals surface area contributed by atoms with Crippen molar-refractivity contribution in [3.05, 3.63) is 90.7 Å². The summed E-state index contributed by atoms with van der Waals surface area (Å²) in [4.78, 5) is 11.4. The van der Waals surface area contributed by atoms with E-state index in [1.807, 2.05) is 43.1 Å². The van der Waals surface area contributed by atoms with E-state index in [4.69, 9.17) is 4.99 Å². The number of rotatable bonds is 7. The molecule has 1 aliphatic heterocycles. The van der Waals surface area contributed by atoms with Gasteiger partial charge in [-0.3, -0.25) is 5.10 Å². The normalized spacial score (nSPS) is 15.9. The minimum atomic E-state index is 0.785. The minimum absolute atomic E-state index is 0.785. The van der Waals surface area contributed by atoms with Gasteiger partial charge in [0.25, 0.3) is 0 Å². The Hall–Kier alpha value is -4.13. The van der Waals surface area contributed by atoms with Gasteiger partial charge in [0.1, 0.15) is 5.82 Å². The van der Waals surface area contributed by atoms with Gasteiger partial charge in [0.15, 0.2) is 5.84 Å². The molecule has 0 amide bonds. The van der Waals surface area contributed by atoms with Gasteiger partial charge in [0, 0.05) is 47.6 Å². The van der Waals surface area contributed by atoms with Crippen LogP contribution in [0.15, 0.2) is 84.3 Å². The van der Waals surface area contributed by atoms with Crippen molar-refractivity contribution in [1.82, 2.24) is 30.0 Å². The number of aromatic amines is 1. The van der Waals surface area contributed by atoms with Gasteiger partial charge in [0.2, 0.25) is 0 Å². The SMILES string of the molecule is C=Cc1nccn1/C=C(\C)NC1=NC(c2ccc3cn[nH]c3c2)=CN(/C=C\C)/C1=C/CCC. The lowest BCUT2D eigenvalue weighted by Crippen LogP contribution is -2.32. The van der Waals surface area contributed by atoms with Crippen molar-refractivity contribution in [2.45, 2.75) is 33.6 Å². The van der Waals surface area contributed by atoms with E-state index in [0.29, 0.717) is 0 Å². The van der Waals surface area contributed by atoms with Crippen LogP contribution in [0, 0.1) is 0 Å². The van der Waals surface area contributed by atoms with Crippen LogP contribution < -0.4 is 5.32 Å². The van der Waals surface area contributed by atoms with Crippen molar-refractivity contribution in [2.75, 3.05) is 0 Å². The Kier molecular flexibility index (Phi) is 6.69. The maximum Gasteiger partial charge on any atom is 0.154 e. The van der Waals surface area contributed by atoms with Gasteiger partial charge in [0.05, 0.1) is 23.1 Å². The maximum absolute atomic E-state index is 5.02. The summed E-state index contributed by atoms with van der Waals surface area (Å²) < 4.78 is 1.93. The molecule has 4 rings (SSSR count). The van der Waals surface area contributed by atoms with Crippen molar-refractivity contribution in [3.63, 3.8) is 0 Å². The Morgan fingerprint density at radius 2 is 2.18 bits per heavy atom. The second kappa shape index (κ2) is 9.99. The molecule has 0 saturated carbocycles. The Labute approximate surface area is 194 Å². The lowest BCUT2D eigenvalue weighted by Gasteiger charge is -2.27. The second-order valence-corrected chi connectivity index (χ2v) is 7.75. The fourth-order valence-corrected chi connectivity index (χ4v) is 3.64. The summed E-state index contributed by atoms with van der Waals surface area (Å²) in [5.41, 5.74) is 4.81. The van der Waals surface area contributed by atoms with Crippen LogP contribution in [0.3, 0.4) is 0 Å². The molecule has 0 bridgehead atoms. The number of fused-ring (bicyclic) bond motifs is 1. The van der Waals surface area contributed by atoms with Crippen LogP contribution >= 0.6 is 0 Å². The summed E-state index contributed by atoms with van der Waals surface area (Å²) in [6, 6.07) is 6.21. The highest BCUT2D eigenvalue weighted by atomic mass is 15.2. The molecule has 2 N–H and O–H groups in total. The zero-order valence-corrected chi connectivity index (χ0v) is 19.3. The Balaban J connectivity index is 1.75. The molecule has 3 aromatic rings. The molecule has 0 radical (unpaired) electrons. The first-order valence-corrected chi connectivity index (χ1v) is 11.1. The van der Waals surface area contributed by atoms with Crippen molar-refractivity contribution in [3.8, 4) is 0 Å². The zero-order chi connectivity index (χ0) is 23.2. The number of allylic oxidation sites excluding steroid dienone is 3. The Morgan fingerprint density at radius 3 is 2.97 bits per heavy atom. The first-order valence-electron chi connectivity index (χ1n) is 11.1. The van der Waals surface area contributed by atoms with Crippen LogP contribution in [0.4, 0.5) is 0 Å². The van der Waals surface area contributed by atoms with Gasteiger partial charge in [-0.2, -0.15) is 5.10 Å². The standard InChI is InChI=1S/C26H29N7/c1-5-8-9-24-26(29-19(4)17-33-14-12-27-25(33)7-3)30-23(18-32(24)13-6-2)20-10-11-21-16-28-31-22(21)15-20/h6-7,9-18H,3,5,8H2,1-2,4H3,(H,28,31)(H,29,30)/b13-6-,19-17+,24-9+. The number of hydrogen-bond donors (Lipinski definition) is 2. The van der Waals surface area contributed by atoms with Gasteiger partial charge < -0.3 is 14.8 Å². The number of hydrogen-bond acceptors (Lipinski definition) is 5. The summed E-state index contributed by atoms with van der Waals surface area (Å²) in [6.07, 6.45) is 19.6. The average molecular weight is 440 g/mol. The molecular weight excluding hydrogens is 410 g/mol. The quantitative estimate of drug-likeness (QED) is 0.492. The third-order valence-electron chi connectivity index (χ3n) is 5.22. The average Bonchev–Trinajstić information content (AvgIpc) is 3.47. The van der Waals surface area contributed by atoms with E-state index in [1.54, 1.807) is 12.3 Å². The Morgan fingerprint density at radius 1 is 1.30 bits per heavy atom. The molecule has 168 valence electrons. The van der Waals surface area contributed by atoms with Crippen molar-refractivity contribution < 1.29 is 0 Å².